The molecular formula is C6H6BrN5O. The molecule has 7 heteroatoms. The lowest BCUT2D eigenvalue weighted by molar-refractivity contribution is 0.385. The molecule has 0 aliphatic rings. The first-order chi connectivity index (χ1) is 6.24. The molecule has 0 aromatic carbocycles. The Morgan fingerprint density at radius 1 is 1.62 bits per heavy atom. The zero-order valence-electron chi connectivity index (χ0n) is 6.81. The zero-order valence-corrected chi connectivity index (χ0v) is 8.39. The van der Waals surface area contributed by atoms with E-state index in [0.717, 1.165) is 0 Å². The molecule has 0 aliphatic heterocycles. The summed E-state index contributed by atoms with van der Waals surface area (Å²) in [6.07, 6.45) is 1.59. The SMILES string of the molecule is Cc1nc(Cn2cnc(Br)n2)no1. The van der Waals surface area contributed by atoms with Crippen LogP contribution >= 0.6 is 15.9 Å². The van der Waals surface area contributed by atoms with Crippen molar-refractivity contribution >= 4 is 15.9 Å². The summed E-state index contributed by atoms with van der Waals surface area (Å²) >= 11 is 3.14. The molecule has 6 nitrogen and oxygen atoms in total. The molecule has 0 aliphatic carbocycles. The van der Waals surface area contributed by atoms with Crippen molar-refractivity contribution in [3.8, 4) is 0 Å². The third-order valence-electron chi connectivity index (χ3n) is 1.38. The average molecular weight is 244 g/mol. The molecule has 0 saturated carbocycles. The highest BCUT2D eigenvalue weighted by Crippen LogP contribution is 2.01. The standard InChI is InChI=1S/C6H6BrN5O/c1-4-9-5(11-13-4)2-12-3-8-6(7)10-12/h3H,2H2,1H3. The highest BCUT2D eigenvalue weighted by molar-refractivity contribution is 9.10. The van der Waals surface area contributed by atoms with Crippen LogP contribution in [-0.4, -0.2) is 24.9 Å². The number of rotatable bonds is 2. The summed E-state index contributed by atoms with van der Waals surface area (Å²) in [4.78, 5) is 7.94. The van der Waals surface area contributed by atoms with Crippen LogP contribution in [0.3, 0.4) is 0 Å². The first-order valence-electron chi connectivity index (χ1n) is 3.58. The van der Waals surface area contributed by atoms with Gasteiger partial charge in [-0.1, -0.05) is 5.16 Å². The minimum absolute atomic E-state index is 0.468. The van der Waals surface area contributed by atoms with E-state index in [1.54, 1.807) is 17.9 Å². The van der Waals surface area contributed by atoms with Crippen LogP contribution in [-0.2, 0) is 6.54 Å². The average Bonchev–Trinajstić information content (AvgIpc) is 2.62. The molecule has 2 heterocycles. The Bertz CT molecular complexity index is 370. The monoisotopic (exact) mass is 243 g/mol. The van der Waals surface area contributed by atoms with Crippen LogP contribution in [0.4, 0.5) is 0 Å². The van der Waals surface area contributed by atoms with Gasteiger partial charge >= 0.3 is 0 Å². The Labute approximate surface area is 82.1 Å². The molecule has 2 aromatic heterocycles. The van der Waals surface area contributed by atoms with Crippen LogP contribution in [0.5, 0.6) is 0 Å². The molecule has 13 heavy (non-hydrogen) atoms. The largest absolute Gasteiger partial charge is 0.340 e. The van der Waals surface area contributed by atoms with Gasteiger partial charge in [0.1, 0.15) is 12.9 Å². The maximum absolute atomic E-state index is 4.81. The van der Waals surface area contributed by atoms with E-state index in [4.69, 9.17) is 4.52 Å². The molecule has 0 spiro atoms. The zero-order chi connectivity index (χ0) is 9.26. The van der Waals surface area contributed by atoms with E-state index in [9.17, 15) is 0 Å². The van der Waals surface area contributed by atoms with Gasteiger partial charge in [0.25, 0.3) is 0 Å². The van der Waals surface area contributed by atoms with Crippen molar-refractivity contribution < 1.29 is 4.52 Å². The van der Waals surface area contributed by atoms with Gasteiger partial charge in [-0.25, -0.2) is 9.67 Å². The van der Waals surface area contributed by atoms with Crippen molar-refractivity contribution in [3.63, 3.8) is 0 Å². The van der Waals surface area contributed by atoms with Gasteiger partial charge in [0, 0.05) is 6.92 Å². The summed E-state index contributed by atoms with van der Waals surface area (Å²) in [6.45, 7) is 2.21. The van der Waals surface area contributed by atoms with Crippen LogP contribution in [0.2, 0.25) is 0 Å². The molecule has 2 rings (SSSR count). The summed E-state index contributed by atoms with van der Waals surface area (Å²) in [7, 11) is 0. The highest BCUT2D eigenvalue weighted by Gasteiger charge is 2.04. The Balaban J connectivity index is 2.14. The van der Waals surface area contributed by atoms with Crippen molar-refractivity contribution in [1.29, 1.82) is 0 Å². The lowest BCUT2D eigenvalue weighted by Crippen LogP contribution is -2.01. The fraction of sp³-hybridized carbons (Fsp3) is 0.333. The Kier molecular flexibility index (Phi) is 2.09. The van der Waals surface area contributed by atoms with Gasteiger partial charge < -0.3 is 4.52 Å². The predicted octanol–water partition coefficient (Wildman–Crippen LogP) is 0.780. The molecule has 0 fully saturated rings. The summed E-state index contributed by atoms with van der Waals surface area (Å²) < 4.78 is 6.98. The molecule has 0 bridgehead atoms. The quantitative estimate of drug-likeness (QED) is 0.780. The third kappa shape index (κ3) is 1.92. The minimum atomic E-state index is 0.468. The van der Waals surface area contributed by atoms with Gasteiger partial charge in [0.15, 0.2) is 5.82 Å². The maximum Gasteiger partial charge on any atom is 0.223 e. The van der Waals surface area contributed by atoms with Crippen LogP contribution in [0.25, 0.3) is 0 Å². The van der Waals surface area contributed by atoms with Gasteiger partial charge in [-0.2, -0.15) is 4.98 Å². The Morgan fingerprint density at radius 2 is 2.46 bits per heavy atom. The van der Waals surface area contributed by atoms with Gasteiger partial charge in [0.2, 0.25) is 10.6 Å². The lowest BCUT2D eigenvalue weighted by Gasteiger charge is -1.91. The Hall–Kier alpha value is -1.24. The second kappa shape index (κ2) is 3.25. The number of halogens is 1. The maximum atomic E-state index is 4.81. The first kappa shape index (κ1) is 8.36. The van der Waals surface area contributed by atoms with Gasteiger partial charge in [-0.15, -0.1) is 5.10 Å². The van der Waals surface area contributed by atoms with E-state index in [1.807, 2.05) is 0 Å². The van der Waals surface area contributed by atoms with E-state index >= 15 is 0 Å². The summed E-state index contributed by atoms with van der Waals surface area (Å²) in [5.74, 6) is 1.14. The van der Waals surface area contributed by atoms with Crippen molar-refractivity contribution in [2.45, 2.75) is 13.5 Å². The van der Waals surface area contributed by atoms with E-state index in [0.29, 0.717) is 23.0 Å². The number of hydrogen-bond acceptors (Lipinski definition) is 5. The van der Waals surface area contributed by atoms with Crippen molar-refractivity contribution in [2.75, 3.05) is 0 Å². The van der Waals surface area contributed by atoms with Gasteiger partial charge in [0.05, 0.1) is 0 Å². The summed E-state index contributed by atoms with van der Waals surface area (Å²) in [6, 6.07) is 0. The number of hydrogen-bond donors (Lipinski definition) is 0. The molecule has 0 amide bonds. The van der Waals surface area contributed by atoms with Crippen molar-refractivity contribution in [2.24, 2.45) is 0 Å². The lowest BCUT2D eigenvalue weighted by atomic mass is 10.6. The summed E-state index contributed by atoms with van der Waals surface area (Å²) in [5.41, 5.74) is 0. The van der Waals surface area contributed by atoms with E-state index in [1.165, 1.54) is 0 Å². The second-order valence-corrected chi connectivity index (χ2v) is 3.15. The normalized spacial score (nSPS) is 10.6. The molecule has 2 aromatic rings. The Morgan fingerprint density at radius 3 is 3.00 bits per heavy atom. The first-order valence-corrected chi connectivity index (χ1v) is 4.37. The smallest absolute Gasteiger partial charge is 0.223 e. The minimum Gasteiger partial charge on any atom is -0.340 e. The van der Waals surface area contributed by atoms with E-state index in [-0.39, 0.29) is 0 Å². The molecular weight excluding hydrogens is 238 g/mol. The van der Waals surface area contributed by atoms with E-state index in [2.05, 4.69) is 36.2 Å². The summed E-state index contributed by atoms with van der Waals surface area (Å²) in [5, 5.41) is 7.75. The van der Waals surface area contributed by atoms with Crippen molar-refractivity contribution in [1.82, 2.24) is 24.9 Å². The number of aryl methyl sites for hydroxylation is 1. The van der Waals surface area contributed by atoms with Crippen LogP contribution in [0.15, 0.2) is 15.6 Å². The van der Waals surface area contributed by atoms with E-state index < -0.39 is 0 Å². The van der Waals surface area contributed by atoms with Crippen LogP contribution < -0.4 is 0 Å². The van der Waals surface area contributed by atoms with Gasteiger partial charge in [-0.3, -0.25) is 0 Å². The molecule has 0 saturated heterocycles. The fourth-order valence-corrected chi connectivity index (χ4v) is 1.19. The van der Waals surface area contributed by atoms with Crippen LogP contribution in [0.1, 0.15) is 11.7 Å². The topological polar surface area (TPSA) is 69.6 Å². The number of nitrogens with zero attached hydrogens (tertiary/aromatic N) is 5. The fourth-order valence-electron chi connectivity index (χ4n) is 0.899. The third-order valence-corrected chi connectivity index (χ3v) is 1.74. The van der Waals surface area contributed by atoms with Gasteiger partial charge in [-0.05, 0) is 15.9 Å². The van der Waals surface area contributed by atoms with Crippen LogP contribution in [0, 0.1) is 6.92 Å². The number of aromatic nitrogens is 5. The molecule has 0 unspecified atom stereocenters. The molecule has 0 radical (unpaired) electrons. The molecule has 0 atom stereocenters. The second-order valence-electron chi connectivity index (χ2n) is 2.44. The highest BCUT2D eigenvalue weighted by atomic mass is 79.9. The molecule has 0 N–H and O–H groups in total. The molecule has 68 valence electrons. The predicted molar refractivity (Wildman–Crippen MR) is 45.9 cm³/mol. The van der Waals surface area contributed by atoms with Crippen molar-refractivity contribution in [3.05, 3.63) is 22.8 Å².